The zero-order valence-electron chi connectivity index (χ0n) is 17.0. The highest BCUT2D eigenvalue weighted by atomic mass is 16.5. The quantitative estimate of drug-likeness (QED) is 0.397. The van der Waals surface area contributed by atoms with Crippen molar-refractivity contribution in [2.45, 2.75) is 19.9 Å². The predicted molar refractivity (Wildman–Crippen MR) is 119 cm³/mol. The Kier molecular flexibility index (Phi) is 7.44. The number of hydrogen-bond acceptors (Lipinski definition) is 5. The first-order valence-corrected chi connectivity index (χ1v) is 9.79. The van der Waals surface area contributed by atoms with E-state index in [-0.39, 0.29) is 5.91 Å². The van der Waals surface area contributed by atoms with Gasteiger partial charge in [0.15, 0.2) is 0 Å². The summed E-state index contributed by atoms with van der Waals surface area (Å²) in [7, 11) is 0. The summed E-state index contributed by atoms with van der Waals surface area (Å²) in [6.07, 6.45) is 1.58. The first kappa shape index (κ1) is 20.9. The molecule has 0 aromatic heterocycles. The van der Waals surface area contributed by atoms with E-state index in [0.29, 0.717) is 12.4 Å². The van der Waals surface area contributed by atoms with Gasteiger partial charge in [0.25, 0.3) is 5.91 Å². The molecular weight excluding hydrogens is 378 g/mol. The monoisotopic (exact) mass is 403 g/mol. The summed E-state index contributed by atoms with van der Waals surface area (Å²) >= 11 is 0. The topological polar surface area (TPSA) is 72.0 Å². The van der Waals surface area contributed by atoms with Crippen LogP contribution in [0.4, 0.5) is 5.69 Å². The van der Waals surface area contributed by atoms with Gasteiger partial charge >= 0.3 is 0 Å². The number of ether oxygens (including phenoxy) is 2. The van der Waals surface area contributed by atoms with E-state index in [0.717, 1.165) is 22.7 Å². The minimum absolute atomic E-state index is 0.239. The number of anilines is 1. The lowest BCUT2D eigenvalue weighted by Crippen LogP contribution is -2.34. The van der Waals surface area contributed by atoms with Gasteiger partial charge in [0.1, 0.15) is 23.3 Å². The van der Waals surface area contributed by atoms with Gasteiger partial charge in [-0.15, -0.1) is 0 Å². The third-order valence-electron chi connectivity index (χ3n) is 4.17. The summed E-state index contributed by atoms with van der Waals surface area (Å²) < 4.78 is 11.2. The molecule has 0 aliphatic rings. The van der Waals surface area contributed by atoms with Crippen LogP contribution in [0.15, 0.2) is 84.0 Å². The molecule has 2 N–H and O–H groups in total. The van der Waals surface area contributed by atoms with Crippen molar-refractivity contribution in [1.82, 2.24) is 5.43 Å². The average Bonchev–Trinajstić information content (AvgIpc) is 2.76. The van der Waals surface area contributed by atoms with Crippen molar-refractivity contribution in [2.24, 2.45) is 5.10 Å². The van der Waals surface area contributed by atoms with Crippen molar-refractivity contribution >= 4 is 17.8 Å². The molecule has 3 rings (SSSR count). The van der Waals surface area contributed by atoms with Gasteiger partial charge in [-0.2, -0.15) is 5.10 Å². The highest BCUT2D eigenvalue weighted by molar-refractivity contribution is 5.86. The minimum atomic E-state index is -0.451. The van der Waals surface area contributed by atoms with Gasteiger partial charge in [-0.3, -0.25) is 4.79 Å². The van der Waals surface area contributed by atoms with Crippen molar-refractivity contribution < 1.29 is 14.3 Å². The Hall–Kier alpha value is -3.80. The molecule has 0 bridgehead atoms. The molecule has 0 radical (unpaired) electrons. The predicted octanol–water partition coefficient (Wildman–Crippen LogP) is 4.83. The van der Waals surface area contributed by atoms with E-state index in [1.807, 2.05) is 85.8 Å². The number of hydrogen-bond donors (Lipinski definition) is 2. The summed E-state index contributed by atoms with van der Waals surface area (Å²) in [5.41, 5.74) is 4.20. The maximum Gasteiger partial charge on any atom is 0.262 e. The van der Waals surface area contributed by atoms with Crippen LogP contribution in [0.5, 0.6) is 17.2 Å². The van der Waals surface area contributed by atoms with Gasteiger partial charge in [-0.25, -0.2) is 5.43 Å². The van der Waals surface area contributed by atoms with Crippen LogP contribution in [0.2, 0.25) is 0 Å². The molecule has 1 atom stereocenters. The lowest BCUT2D eigenvalue weighted by Gasteiger charge is -2.14. The van der Waals surface area contributed by atoms with Gasteiger partial charge < -0.3 is 14.8 Å². The molecule has 1 amide bonds. The number of benzene rings is 3. The number of nitrogens with one attached hydrogen (secondary N) is 2. The molecule has 0 saturated carbocycles. The molecule has 0 unspecified atom stereocenters. The summed E-state index contributed by atoms with van der Waals surface area (Å²) in [6.45, 7) is 4.33. The molecule has 154 valence electrons. The summed E-state index contributed by atoms with van der Waals surface area (Å²) in [5, 5.41) is 7.19. The minimum Gasteiger partial charge on any atom is -0.494 e. The molecule has 0 spiro atoms. The van der Waals surface area contributed by atoms with Crippen LogP contribution in [0, 0.1) is 0 Å². The summed E-state index contributed by atoms with van der Waals surface area (Å²) in [5.74, 6) is 2.01. The van der Waals surface area contributed by atoms with Crippen molar-refractivity contribution in [2.75, 3.05) is 11.9 Å². The van der Waals surface area contributed by atoms with E-state index in [2.05, 4.69) is 15.8 Å². The highest BCUT2D eigenvalue weighted by Crippen LogP contribution is 2.21. The summed E-state index contributed by atoms with van der Waals surface area (Å²) in [4.78, 5) is 12.3. The highest BCUT2D eigenvalue weighted by Gasteiger charge is 2.11. The van der Waals surface area contributed by atoms with Crippen molar-refractivity contribution in [3.05, 3.63) is 84.4 Å². The molecule has 6 heteroatoms. The first-order valence-electron chi connectivity index (χ1n) is 9.79. The van der Waals surface area contributed by atoms with Crippen molar-refractivity contribution in [3.8, 4) is 17.2 Å². The molecule has 6 nitrogen and oxygen atoms in total. The number of amides is 1. The fourth-order valence-electron chi connectivity index (χ4n) is 2.68. The standard InChI is InChI=1S/C24H25N3O3/c1-3-29-21-14-12-20(13-15-21)26-18(2)24(28)27-25-17-19-8-7-11-23(16-19)30-22-9-5-4-6-10-22/h4-18,26H,3H2,1-2H3,(H,27,28)/b25-17-/t18-/m0/s1. The van der Waals surface area contributed by atoms with Gasteiger partial charge in [0, 0.05) is 5.69 Å². The van der Waals surface area contributed by atoms with Gasteiger partial charge in [0.2, 0.25) is 0 Å². The smallest absolute Gasteiger partial charge is 0.262 e. The number of carbonyl (C=O) groups is 1. The van der Waals surface area contributed by atoms with Crippen LogP contribution in [0.1, 0.15) is 19.4 Å². The third kappa shape index (κ3) is 6.38. The third-order valence-corrected chi connectivity index (χ3v) is 4.17. The van der Waals surface area contributed by atoms with Crippen LogP contribution < -0.4 is 20.2 Å². The lowest BCUT2D eigenvalue weighted by atomic mass is 10.2. The van der Waals surface area contributed by atoms with Gasteiger partial charge in [-0.05, 0) is 67.9 Å². The van der Waals surface area contributed by atoms with Crippen molar-refractivity contribution in [1.29, 1.82) is 0 Å². The lowest BCUT2D eigenvalue weighted by molar-refractivity contribution is -0.121. The van der Waals surface area contributed by atoms with E-state index in [4.69, 9.17) is 9.47 Å². The Morgan fingerprint density at radius 3 is 2.43 bits per heavy atom. The fourth-order valence-corrected chi connectivity index (χ4v) is 2.68. The Morgan fingerprint density at radius 2 is 1.70 bits per heavy atom. The fraction of sp³-hybridized carbons (Fsp3) is 0.167. The number of nitrogens with zero attached hydrogens (tertiary/aromatic N) is 1. The van der Waals surface area contributed by atoms with Crippen LogP contribution in [0.25, 0.3) is 0 Å². The van der Waals surface area contributed by atoms with Crippen LogP contribution in [0.3, 0.4) is 0 Å². The van der Waals surface area contributed by atoms with Crippen molar-refractivity contribution in [3.63, 3.8) is 0 Å². The Morgan fingerprint density at radius 1 is 0.967 bits per heavy atom. The second kappa shape index (κ2) is 10.7. The molecule has 30 heavy (non-hydrogen) atoms. The molecule has 0 saturated heterocycles. The Balaban J connectivity index is 1.51. The molecule has 3 aromatic carbocycles. The Labute approximate surface area is 176 Å². The Bertz CT molecular complexity index is 973. The molecular formula is C24H25N3O3. The number of para-hydroxylation sites is 1. The molecule has 3 aromatic rings. The SMILES string of the molecule is CCOc1ccc(N[C@@H](C)C(=O)N/N=C\c2cccc(Oc3ccccc3)c2)cc1. The molecule has 0 heterocycles. The number of hydrazone groups is 1. The normalized spacial score (nSPS) is 11.7. The number of carbonyl (C=O) groups excluding carboxylic acids is 1. The second-order valence-corrected chi connectivity index (χ2v) is 6.55. The average molecular weight is 403 g/mol. The van der Waals surface area contributed by atoms with E-state index in [9.17, 15) is 4.79 Å². The van der Waals surface area contributed by atoms with Crippen LogP contribution in [-0.2, 0) is 4.79 Å². The van der Waals surface area contributed by atoms with E-state index >= 15 is 0 Å². The van der Waals surface area contributed by atoms with Crippen LogP contribution in [-0.4, -0.2) is 24.8 Å². The van der Waals surface area contributed by atoms with E-state index in [1.54, 1.807) is 13.1 Å². The maximum atomic E-state index is 12.3. The van der Waals surface area contributed by atoms with Crippen LogP contribution >= 0.6 is 0 Å². The molecule has 0 aliphatic heterocycles. The zero-order valence-corrected chi connectivity index (χ0v) is 17.0. The zero-order chi connectivity index (χ0) is 21.2. The first-order chi connectivity index (χ1) is 14.6. The molecule has 0 fully saturated rings. The largest absolute Gasteiger partial charge is 0.494 e. The van der Waals surface area contributed by atoms with Gasteiger partial charge in [-0.1, -0.05) is 30.3 Å². The van der Waals surface area contributed by atoms with Gasteiger partial charge in [0.05, 0.1) is 12.8 Å². The van der Waals surface area contributed by atoms with E-state index < -0.39 is 6.04 Å². The maximum absolute atomic E-state index is 12.3. The van der Waals surface area contributed by atoms with E-state index in [1.165, 1.54) is 0 Å². The second-order valence-electron chi connectivity index (χ2n) is 6.55. The molecule has 0 aliphatic carbocycles. The number of rotatable bonds is 9. The summed E-state index contributed by atoms with van der Waals surface area (Å²) in [6, 6.07) is 24.0.